The molecule has 1 N–H and O–H groups in total. The first-order chi connectivity index (χ1) is 13.1. The van der Waals surface area contributed by atoms with E-state index in [1.165, 1.54) is 0 Å². The van der Waals surface area contributed by atoms with Crippen LogP contribution >= 0.6 is 0 Å². The average molecular weight is 385 g/mol. The first kappa shape index (κ1) is 18.8. The zero-order valence-electron chi connectivity index (χ0n) is 17.0. The van der Waals surface area contributed by atoms with Gasteiger partial charge < -0.3 is 19.5 Å². The molecule has 1 aliphatic heterocycles. The number of ether oxygens (including phenoxy) is 1. The van der Waals surface area contributed by atoms with Crippen LogP contribution in [0.2, 0.25) is 0 Å². The van der Waals surface area contributed by atoms with E-state index in [4.69, 9.17) is 9.26 Å². The van der Waals surface area contributed by atoms with Gasteiger partial charge >= 0.3 is 6.09 Å². The molecule has 2 amide bonds. The second kappa shape index (κ2) is 6.22. The van der Waals surface area contributed by atoms with Gasteiger partial charge in [0.2, 0.25) is 5.91 Å². The number of nitrogens with zero attached hydrogens (tertiary/aromatic N) is 2. The van der Waals surface area contributed by atoms with Gasteiger partial charge in [0.25, 0.3) is 0 Å². The Morgan fingerprint density at radius 1 is 1.14 bits per heavy atom. The summed E-state index contributed by atoms with van der Waals surface area (Å²) in [5, 5.41) is 8.21. The summed E-state index contributed by atoms with van der Waals surface area (Å²) in [4.78, 5) is 26.8. The van der Waals surface area contributed by atoms with Crippen molar-refractivity contribution in [2.24, 2.45) is 17.8 Å². The molecule has 7 heteroatoms. The fourth-order valence-corrected chi connectivity index (χ4v) is 4.18. The van der Waals surface area contributed by atoms with Crippen LogP contribution in [0.4, 0.5) is 4.79 Å². The number of fused-ring (bicyclic) bond motifs is 2. The van der Waals surface area contributed by atoms with E-state index >= 15 is 0 Å². The highest BCUT2D eigenvalue weighted by Crippen LogP contribution is 2.52. The first-order valence-electron chi connectivity index (χ1n) is 9.72. The average Bonchev–Trinajstić information content (AvgIpc) is 2.96. The fourth-order valence-electron chi connectivity index (χ4n) is 4.18. The molecule has 1 saturated carbocycles. The van der Waals surface area contributed by atoms with E-state index in [0.717, 1.165) is 11.1 Å². The largest absolute Gasteiger partial charge is 0.444 e. The third-order valence-corrected chi connectivity index (χ3v) is 5.55. The highest BCUT2D eigenvalue weighted by Gasteiger charge is 2.61. The molecular weight excluding hydrogens is 358 g/mol. The summed E-state index contributed by atoms with van der Waals surface area (Å²) in [6, 6.07) is 7.63. The Morgan fingerprint density at radius 3 is 2.43 bits per heavy atom. The lowest BCUT2D eigenvalue weighted by Crippen LogP contribution is -2.44. The number of piperidine rings is 1. The summed E-state index contributed by atoms with van der Waals surface area (Å²) in [6.07, 6.45) is -0.298. The third-order valence-electron chi connectivity index (χ3n) is 5.55. The van der Waals surface area contributed by atoms with Crippen molar-refractivity contribution >= 4 is 23.0 Å². The van der Waals surface area contributed by atoms with Crippen LogP contribution in [0.5, 0.6) is 0 Å². The molecule has 28 heavy (non-hydrogen) atoms. The second-order valence-corrected chi connectivity index (χ2v) is 9.38. The van der Waals surface area contributed by atoms with Crippen molar-refractivity contribution in [1.82, 2.24) is 15.4 Å². The number of likely N-dealkylation sites (tertiary alicyclic amines) is 1. The Hall–Kier alpha value is -2.57. The normalized spacial score (nSPS) is 24.2. The summed E-state index contributed by atoms with van der Waals surface area (Å²) in [5.41, 5.74) is 0.268. The SMILES string of the molecule is CC(C)(C)OC(=O)N1CC2[C@H](C1)[C@H]2C(=O)NC(C)(C)c1noc2ccccc12. The van der Waals surface area contributed by atoms with Crippen molar-refractivity contribution < 1.29 is 18.8 Å². The monoisotopic (exact) mass is 385 g/mol. The van der Waals surface area contributed by atoms with Crippen LogP contribution in [0, 0.1) is 17.8 Å². The Kier molecular flexibility index (Phi) is 4.17. The van der Waals surface area contributed by atoms with Gasteiger partial charge in [-0.2, -0.15) is 0 Å². The Balaban J connectivity index is 1.38. The van der Waals surface area contributed by atoms with Crippen molar-refractivity contribution in [3.8, 4) is 0 Å². The van der Waals surface area contributed by atoms with Crippen molar-refractivity contribution in [1.29, 1.82) is 0 Å². The third kappa shape index (κ3) is 3.34. The zero-order chi connectivity index (χ0) is 20.3. The maximum Gasteiger partial charge on any atom is 0.410 e. The standard InChI is InChI=1S/C21H27N3O4/c1-20(2,3)27-19(26)24-10-13-14(11-24)16(13)18(25)22-21(4,5)17-12-8-6-7-9-15(12)28-23-17/h6-9,13-14,16H,10-11H2,1-5H3,(H,22,25)/t13-,14?,16+/m0/s1. The molecule has 0 bridgehead atoms. The zero-order valence-corrected chi connectivity index (χ0v) is 17.0. The lowest BCUT2D eigenvalue weighted by atomic mass is 9.96. The molecule has 1 unspecified atom stereocenters. The lowest BCUT2D eigenvalue weighted by molar-refractivity contribution is -0.125. The van der Waals surface area contributed by atoms with Crippen LogP contribution in [0.25, 0.3) is 11.0 Å². The summed E-state index contributed by atoms with van der Waals surface area (Å²) in [5.74, 6) is 0.363. The number of carbonyl (C=O) groups excluding carboxylic acids is 2. The van der Waals surface area contributed by atoms with Gasteiger partial charge in [0, 0.05) is 24.4 Å². The number of benzene rings is 1. The highest BCUT2D eigenvalue weighted by atomic mass is 16.6. The quantitative estimate of drug-likeness (QED) is 0.876. The van der Waals surface area contributed by atoms with Crippen LogP contribution < -0.4 is 5.32 Å². The summed E-state index contributed by atoms with van der Waals surface area (Å²) < 4.78 is 10.8. The second-order valence-electron chi connectivity index (χ2n) is 9.38. The Morgan fingerprint density at radius 2 is 1.79 bits per heavy atom. The van der Waals surface area contributed by atoms with Gasteiger partial charge in [-0.05, 0) is 58.6 Å². The molecule has 1 aromatic carbocycles. The number of amides is 2. The van der Waals surface area contributed by atoms with Crippen LogP contribution in [-0.2, 0) is 15.1 Å². The van der Waals surface area contributed by atoms with E-state index in [0.29, 0.717) is 18.7 Å². The summed E-state index contributed by atoms with van der Waals surface area (Å²) >= 11 is 0. The molecule has 2 aliphatic rings. The van der Waals surface area contributed by atoms with E-state index < -0.39 is 11.1 Å². The van der Waals surface area contributed by atoms with Crippen molar-refractivity contribution in [3.63, 3.8) is 0 Å². The van der Waals surface area contributed by atoms with Gasteiger partial charge in [0.1, 0.15) is 11.3 Å². The van der Waals surface area contributed by atoms with Gasteiger partial charge in [0.15, 0.2) is 5.58 Å². The van der Waals surface area contributed by atoms with Crippen LogP contribution in [0.3, 0.4) is 0 Å². The molecule has 4 rings (SSSR count). The predicted molar refractivity (Wildman–Crippen MR) is 103 cm³/mol. The van der Waals surface area contributed by atoms with E-state index in [-0.39, 0.29) is 29.8 Å². The van der Waals surface area contributed by atoms with Gasteiger partial charge in [-0.3, -0.25) is 4.79 Å². The molecule has 2 fully saturated rings. The molecular formula is C21H27N3O4. The number of rotatable bonds is 3. The minimum atomic E-state index is -0.647. The lowest BCUT2D eigenvalue weighted by Gasteiger charge is -2.27. The smallest absolute Gasteiger partial charge is 0.410 e. The molecule has 2 aromatic rings. The summed E-state index contributed by atoms with van der Waals surface area (Å²) in [6.45, 7) is 10.6. The number of carbonyl (C=O) groups is 2. The number of nitrogens with one attached hydrogen (secondary N) is 1. The summed E-state index contributed by atoms with van der Waals surface area (Å²) in [7, 11) is 0. The number of hydrogen-bond acceptors (Lipinski definition) is 5. The maximum absolute atomic E-state index is 12.9. The van der Waals surface area contributed by atoms with Crippen molar-refractivity contribution in [3.05, 3.63) is 30.0 Å². The van der Waals surface area contributed by atoms with Gasteiger partial charge in [0.05, 0.1) is 5.54 Å². The molecule has 3 atom stereocenters. The number of para-hydroxylation sites is 1. The first-order valence-corrected chi connectivity index (χ1v) is 9.72. The molecule has 2 heterocycles. The van der Waals surface area contributed by atoms with Gasteiger partial charge in [-0.25, -0.2) is 4.79 Å². The van der Waals surface area contributed by atoms with Crippen LogP contribution in [-0.4, -0.2) is 40.7 Å². The van der Waals surface area contributed by atoms with Crippen molar-refractivity contribution in [2.45, 2.75) is 45.8 Å². The van der Waals surface area contributed by atoms with Crippen LogP contribution in [0.15, 0.2) is 28.8 Å². The minimum absolute atomic E-state index is 0.0101. The molecule has 1 aromatic heterocycles. The Labute approximate surface area is 164 Å². The molecule has 1 aliphatic carbocycles. The van der Waals surface area contributed by atoms with E-state index in [1.54, 1.807) is 4.90 Å². The number of aromatic nitrogens is 1. The fraction of sp³-hybridized carbons (Fsp3) is 0.571. The maximum atomic E-state index is 12.9. The molecule has 7 nitrogen and oxygen atoms in total. The van der Waals surface area contributed by atoms with Crippen LogP contribution in [0.1, 0.15) is 40.3 Å². The highest BCUT2D eigenvalue weighted by molar-refractivity contribution is 5.86. The molecule has 0 spiro atoms. The van der Waals surface area contributed by atoms with Gasteiger partial charge in [-0.1, -0.05) is 17.3 Å². The predicted octanol–water partition coefficient (Wildman–Crippen LogP) is 3.29. The topological polar surface area (TPSA) is 84.7 Å². The molecule has 150 valence electrons. The molecule has 1 saturated heterocycles. The van der Waals surface area contributed by atoms with Crippen molar-refractivity contribution in [2.75, 3.05) is 13.1 Å². The molecule has 0 radical (unpaired) electrons. The number of hydrogen-bond donors (Lipinski definition) is 1. The Bertz CT molecular complexity index is 915. The van der Waals surface area contributed by atoms with E-state index in [1.807, 2.05) is 58.9 Å². The van der Waals surface area contributed by atoms with E-state index in [2.05, 4.69) is 10.5 Å². The van der Waals surface area contributed by atoms with E-state index in [9.17, 15) is 9.59 Å². The minimum Gasteiger partial charge on any atom is -0.444 e. The van der Waals surface area contributed by atoms with Gasteiger partial charge in [-0.15, -0.1) is 0 Å².